The number of aliphatic hydroxyl groups is 3. The van der Waals surface area contributed by atoms with Gasteiger partial charge in [0.05, 0.1) is 65.7 Å². The second-order valence-electron chi connectivity index (χ2n) is 18.2. The molecule has 3 aromatic carbocycles. The number of Topliss-reactive ketones (excluding diaryl/α,β-unsaturated/α-hetero) is 2. The molecule has 0 spiro atoms. The number of carbonyl (C=O) groups excluding carboxylic acids is 3. The Hall–Kier alpha value is -7.40. The molecule has 5 aromatic rings. The van der Waals surface area contributed by atoms with Crippen LogP contribution in [0.15, 0.2) is 88.6 Å². The number of aryl methyl sites for hydroxylation is 1. The van der Waals surface area contributed by atoms with Crippen molar-refractivity contribution < 1.29 is 64.3 Å². The third-order valence-corrected chi connectivity index (χ3v) is 13.2. The summed E-state index contributed by atoms with van der Waals surface area (Å²) in [5.74, 6) is -4.13. The van der Waals surface area contributed by atoms with E-state index in [2.05, 4.69) is 27.3 Å². The standard InChI is InChI=1S/C50H55N7O14/c1-23(2)28-17-29(35(61)19-34(28)60)48-54-55-49(67)57(48)27-10-11-32-26(16-27)12-14-56(32)15-13-39(62)53-52-38(22-58)50(68)20-30-41(37(21-50)71-40-18-31(51)45(64)25(4)70-40)47(66)43-42(46(30)65)33(59)8-6-7-9-36(69-5)24(3)44(43)63/h6-7,9-12,14,16-17,19,23,25,31,37,40,45,58,60-61,64-66,68H,3,8,13,15,18,20-22,51H2,1-2,4-5H3,(H,53,62)(H,55,67)/b7-6-,36-9?,52-38+/t25?,31?,37?,40?,45?,50-/m0/s1. The molecule has 1 fully saturated rings. The van der Waals surface area contributed by atoms with Gasteiger partial charge in [0.1, 0.15) is 34.4 Å². The molecule has 2 aliphatic carbocycles. The molecule has 6 atom stereocenters. The highest BCUT2D eigenvalue weighted by Gasteiger charge is 2.48. The number of amides is 1. The smallest absolute Gasteiger partial charge is 0.348 e. The summed E-state index contributed by atoms with van der Waals surface area (Å²) < 4.78 is 20.7. The van der Waals surface area contributed by atoms with Crippen molar-refractivity contribution in [2.24, 2.45) is 10.8 Å². The van der Waals surface area contributed by atoms with Crippen LogP contribution >= 0.6 is 0 Å². The number of nitrogens with zero attached hydrogens (tertiary/aromatic N) is 4. The van der Waals surface area contributed by atoms with E-state index in [4.69, 9.17) is 19.9 Å². The Kier molecular flexibility index (Phi) is 13.9. The van der Waals surface area contributed by atoms with Crippen molar-refractivity contribution >= 4 is 34.1 Å². The third-order valence-electron chi connectivity index (χ3n) is 13.2. The van der Waals surface area contributed by atoms with Crippen LogP contribution in [-0.4, -0.2) is 122 Å². The zero-order valence-corrected chi connectivity index (χ0v) is 39.2. The van der Waals surface area contributed by atoms with Gasteiger partial charge in [-0.15, -0.1) is 0 Å². The fourth-order valence-electron chi connectivity index (χ4n) is 9.43. The van der Waals surface area contributed by atoms with Gasteiger partial charge < -0.3 is 60.3 Å². The summed E-state index contributed by atoms with van der Waals surface area (Å²) in [5, 5.41) is 90.2. The molecule has 0 saturated carbocycles. The van der Waals surface area contributed by atoms with Crippen molar-refractivity contribution in [2.45, 2.75) is 102 Å². The minimum Gasteiger partial charge on any atom is -0.508 e. The molecule has 3 aliphatic rings. The molecule has 1 saturated heterocycles. The first-order valence-corrected chi connectivity index (χ1v) is 22.8. The zero-order valence-electron chi connectivity index (χ0n) is 39.2. The molecular formula is C50H55N7O14. The van der Waals surface area contributed by atoms with Crippen LogP contribution < -0.4 is 16.8 Å². The molecule has 2 aromatic heterocycles. The first-order chi connectivity index (χ1) is 33.8. The molecule has 0 radical (unpaired) electrons. The number of phenols is 4. The van der Waals surface area contributed by atoms with E-state index < -0.39 is 101 Å². The second kappa shape index (κ2) is 19.8. The number of carbonyl (C=O) groups is 3. The lowest BCUT2D eigenvalue weighted by molar-refractivity contribution is -0.245. The van der Waals surface area contributed by atoms with Crippen molar-refractivity contribution in [2.75, 3.05) is 13.7 Å². The van der Waals surface area contributed by atoms with E-state index in [9.17, 15) is 54.9 Å². The number of fused-ring (bicyclic) bond motifs is 3. The SMILES string of the molecule is C=C1C(=O)c2c(O)c3c(c(O)c2C(=O)C/C=C\C=C1OC)C[C@@](O)(/C(CO)=N/NC(=O)CCn1ccc2cc(-n4c(-c5cc(C(C)C)c(O)cc5O)n[nH]c4=O)ccc21)CC3OC1CC(N)C(O)C(C)O1. The summed E-state index contributed by atoms with van der Waals surface area (Å²) in [6.07, 6.45) is 0.00338. The number of aliphatic hydroxyl groups excluding tert-OH is 2. The van der Waals surface area contributed by atoms with Crippen molar-refractivity contribution in [3.8, 4) is 40.1 Å². The Morgan fingerprint density at radius 2 is 1.86 bits per heavy atom. The van der Waals surface area contributed by atoms with Crippen LogP contribution in [-0.2, 0) is 32.0 Å². The van der Waals surface area contributed by atoms with Gasteiger partial charge in [-0.2, -0.15) is 10.2 Å². The monoisotopic (exact) mass is 977 g/mol. The highest BCUT2D eigenvalue weighted by molar-refractivity contribution is 6.20. The van der Waals surface area contributed by atoms with Gasteiger partial charge in [0, 0.05) is 79.0 Å². The summed E-state index contributed by atoms with van der Waals surface area (Å²) >= 11 is 0. The van der Waals surface area contributed by atoms with Crippen LogP contribution in [0.25, 0.3) is 28.0 Å². The average Bonchev–Trinajstić information content (AvgIpc) is 3.92. The summed E-state index contributed by atoms with van der Waals surface area (Å²) in [6.45, 7) is 8.35. The Morgan fingerprint density at radius 3 is 2.56 bits per heavy atom. The largest absolute Gasteiger partial charge is 0.508 e. The molecule has 8 rings (SSSR count). The highest BCUT2D eigenvalue weighted by atomic mass is 16.7. The van der Waals surface area contributed by atoms with Crippen LogP contribution in [0.1, 0.15) is 95.9 Å². The fourth-order valence-corrected chi connectivity index (χ4v) is 9.43. The topological polar surface area (TPSA) is 327 Å². The number of aromatic nitrogens is 4. The molecule has 1 amide bonds. The number of phenolic OH excluding ortho intramolecular Hbond substituents is 4. The van der Waals surface area contributed by atoms with E-state index in [1.165, 1.54) is 36.0 Å². The number of hydrogen-bond acceptors (Lipinski definition) is 17. The number of rotatable bonds is 12. The average molecular weight is 978 g/mol. The van der Waals surface area contributed by atoms with Crippen molar-refractivity contribution in [3.05, 3.63) is 117 Å². The van der Waals surface area contributed by atoms with Gasteiger partial charge in [-0.1, -0.05) is 32.6 Å². The lowest BCUT2D eigenvalue weighted by Crippen LogP contribution is -2.53. The first kappa shape index (κ1) is 50.0. The van der Waals surface area contributed by atoms with Gasteiger partial charge >= 0.3 is 5.69 Å². The normalized spacial score (nSPS) is 23.3. The molecule has 3 heterocycles. The Balaban J connectivity index is 1.06. The number of hydrazone groups is 1. The van der Waals surface area contributed by atoms with Gasteiger partial charge in [-0.05, 0) is 54.8 Å². The Bertz CT molecular complexity index is 3120. The van der Waals surface area contributed by atoms with E-state index in [1.54, 1.807) is 48.0 Å². The molecule has 21 heteroatoms. The maximum atomic E-state index is 14.1. The molecule has 374 valence electrons. The van der Waals surface area contributed by atoms with E-state index in [0.717, 1.165) is 0 Å². The molecule has 5 unspecified atom stereocenters. The predicted octanol–water partition coefficient (Wildman–Crippen LogP) is 3.65. The molecule has 1 aliphatic heterocycles. The summed E-state index contributed by atoms with van der Waals surface area (Å²) in [4.78, 5) is 54.4. The number of allylic oxidation sites excluding steroid dienone is 4. The highest BCUT2D eigenvalue weighted by Crippen LogP contribution is 2.51. The molecule has 71 heavy (non-hydrogen) atoms. The number of ether oxygens (including phenoxy) is 3. The van der Waals surface area contributed by atoms with Crippen LogP contribution in [0.5, 0.6) is 23.0 Å². The zero-order chi connectivity index (χ0) is 51.2. The Morgan fingerprint density at radius 1 is 1.10 bits per heavy atom. The van der Waals surface area contributed by atoms with Gasteiger partial charge in [-0.3, -0.25) is 14.4 Å². The van der Waals surface area contributed by atoms with Crippen molar-refractivity contribution in [3.63, 3.8) is 0 Å². The number of nitrogens with one attached hydrogen (secondary N) is 2. The summed E-state index contributed by atoms with van der Waals surface area (Å²) in [5.41, 5.74) is 5.55. The summed E-state index contributed by atoms with van der Waals surface area (Å²) in [7, 11) is 1.31. The van der Waals surface area contributed by atoms with E-state index >= 15 is 0 Å². The number of aromatic amines is 1. The molecule has 11 N–H and O–H groups in total. The fraction of sp³-hybridized carbons (Fsp3) is 0.360. The van der Waals surface area contributed by atoms with Crippen LogP contribution in [0.2, 0.25) is 0 Å². The summed E-state index contributed by atoms with van der Waals surface area (Å²) in [6, 6.07) is 8.91. The number of benzene rings is 3. The maximum Gasteiger partial charge on any atom is 0.348 e. The van der Waals surface area contributed by atoms with E-state index in [0.29, 0.717) is 22.2 Å². The van der Waals surface area contributed by atoms with Gasteiger partial charge in [0.15, 0.2) is 17.9 Å². The number of aromatic hydroxyl groups is 4. The quantitative estimate of drug-likeness (QED) is 0.0369. The lowest BCUT2D eigenvalue weighted by atomic mass is 9.73. The maximum absolute atomic E-state index is 14.1. The minimum atomic E-state index is -2.23. The van der Waals surface area contributed by atoms with Crippen molar-refractivity contribution in [1.29, 1.82) is 0 Å². The third kappa shape index (κ3) is 9.37. The minimum absolute atomic E-state index is 0.0271. The molecule has 0 bridgehead atoms. The van der Waals surface area contributed by atoms with Gasteiger partial charge in [0.25, 0.3) is 0 Å². The number of nitrogens with two attached hydrogens (primary N) is 1. The Labute approximate surface area is 405 Å². The first-order valence-electron chi connectivity index (χ1n) is 22.8. The van der Waals surface area contributed by atoms with Crippen molar-refractivity contribution in [1.82, 2.24) is 24.8 Å². The number of H-pyrrole nitrogens is 1. The lowest BCUT2D eigenvalue weighted by Gasteiger charge is -2.42. The predicted molar refractivity (Wildman–Crippen MR) is 256 cm³/mol. The number of ketones is 2. The van der Waals surface area contributed by atoms with Gasteiger partial charge in [-0.25, -0.2) is 19.9 Å². The number of hydrogen-bond donors (Lipinski definition) is 10. The van der Waals surface area contributed by atoms with Crippen LogP contribution in [0.3, 0.4) is 0 Å². The van der Waals surface area contributed by atoms with E-state index in [1.807, 2.05) is 13.8 Å². The molecule has 21 nitrogen and oxygen atoms in total. The number of methoxy groups -OCH3 is 1. The van der Waals surface area contributed by atoms with E-state index in [-0.39, 0.29) is 82.8 Å². The second-order valence-corrected chi connectivity index (χ2v) is 18.2. The van der Waals surface area contributed by atoms with Crippen LogP contribution in [0, 0.1) is 0 Å². The molecular weight excluding hydrogens is 923 g/mol. The van der Waals surface area contributed by atoms with Crippen LogP contribution in [0.4, 0.5) is 0 Å². The van der Waals surface area contributed by atoms with Gasteiger partial charge in [0.2, 0.25) is 11.7 Å².